The second kappa shape index (κ2) is 9.05. The fraction of sp³-hybridized carbons (Fsp3) is 0.211. The Labute approximate surface area is 156 Å². The van der Waals surface area contributed by atoms with Crippen LogP contribution in [0.4, 0.5) is 5.69 Å². The Bertz CT molecular complexity index is 835. The third-order valence-electron chi connectivity index (χ3n) is 3.57. The maximum Gasteiger partial charge on any atom is 0.257 e. The Morgan fingerprint density at radius 2 is 1.92 bits per heavy atom. The minimum absolute atomic E-state index is 0.00395. The van der Waals surface area contributed by atoms with Gasteiger partial charge in [-0.3, -0.25) is 4.79 Å². The number of anilines is 1. The van der Waals surface area contributed by atoms with Crippen molar-refractivity contribution >= 4 is 23.4 Å². The summed E-state index contributed by atoms with van der Waals surface area (Å²) in [7, 11) is 1.62. The van der Waals surface area contributed by atoms with E-state index in [-0.39, 0.29) is 5.91 Å². The Morgan fingerprint density at radius 3 is 2.65 bits per heavy atom. The van der Waals surface area contributed by atoms with Crippen LogP contribution in [0.5, 0.6) is 5.75 Å². The molecule has 0 fully saturated rings. The van der Waals surface area contributed by atoms with E-state index in [9.17, 15) is 4.79 Å². The zero-order valence-corrected chi connectivity index (χ0v) is 15.2. The highest BCUT2D eigenvalue weighted by molar-refractivity contribution is 7.98. The molecule has 0 spiro atoms. The first kappa shape index (κ1) is 18.0. The first-order chi connectivity index (χ1) is 12.7. The van der Waals surface area contributed by atoms with Gasteiger partial charge in [0.25, 0.3) is 5.89 Å². The summed E-state index contributed by atoms with van der Waals surface area (Å²) in [5.41, 5.74) is 1.65. The van der Waals surface area contributed by atoms with Crippen molar-refractivity contribution in [2.24, 2.45) is 0 Å². The van der Waals surface area contributed by atoms with Crippen molar-refractivity contribution in [2.45, 2.75) is 12.2 Å². The van der Waals surface area contributed by atoms with E-state index in [1.165, 1.54) is 0 Å². The van der Waals surface area contributed by atoms with Gasteiger partial charge in [0.15, 0.2) is 5.82 Å². The van der Waals surface area contributed by atoms with E-state index in [2.05, 4.69) is 15.5 Å². The summed E-state index contributed by atoms with van der Waals surface area (Å²) in [6.07, 6.45) is 0.433. The van der Waals surface area contributed by atoms with E-state index >= 15 is 0 Å². The summed E-state index contributed by atoms with van der Waals surface area (Å²) < 4.78 is 10.4. The molecule has 0 radical (unpaired) electrons. The molecule has 3 aromatic rings. The molecule has 0 aliphatic carbocycles. The van der Waals surface area contributed by atoms with Gasteiger partial charge < -0.3 is 14.6 Å². The highest BCUT2D eigenvalue weighted by Gasteiger charge is 2.09. The molecule has 3 rings (SSSR count). The molecular formula is C19H19N3O3S. The Morgan fingerprint density at radius 1 is 1.15 bits per heavy atom. The number of amides is 1. The molecule has 0 aliphatic rings. The number of thioether (sulfide) groups is 1. The molecule has 0 aliphatic heterocycles. The van der Waals surface area contributed by atoms with Gasteiger partial charge in [-0.1, -0.05) is 23.4 Å². The van der Waals surface area contributed by atoms with Gasteiger partial charge in [-0.2, -0.15) is 16.7 Å². The van der Waals surface area contributed by atoms with Gasteiger partial charge in [-0.15, -0.1) is 0 Å². The van der Waals surface area contributed by atoms with Gasteiger partial charge in [-0.05, 0) is 36.4 Å². The fourth-order valence-corrected chi connectivity index (χ4v) is 3.01. The van der Waals surface area contributed by atoms with Gasteiger partial charge in [0, 0.05) is 23.4 Å². The molecule has 0 atom stereocenters. The number of nitrogens with one attached hydrogen (secondary N) is 1. The predicted molar refractivity (Wildman–Crippen MR) is 102 cm³/mol. The molecule has 26 heavy (non-hydrogen) atoms. The number of hydrogen-bond donors (Lipinski definition) is 1. The minimum Gasteiger partial charge on any atom is -0.497 e. The lowest BCUT2D eigenvalue weighted by molar-refractivity contribution is -0.115. The van der Waals surface area contributed by atoms with E-state index in [0.717, 1.165) is 17.0 Å². The van der Waals surface area contributed by atoms with Gasteiger partial charge in [-0.25, -0.2) is 0 Å². The summed E-state index contributed by atoms with van der Waals surface area (Å²) in [5.74, 6) is 3.14. The minimum atomic E-state index is -0.00395. The largest absolute Gasteiger partial charge is 0.497 e. The number of aromatic nitrogens is 2. The number of carbonyl (C=O) groups excluding carboxylic acids is 1. The molecule has 0 bridgehead atoms. The lowest BCUT2D eigenvalue weighted by atomic mass is 10.2. The van der Waals surface area contributed by atoms with Crippen LogP contribution in [0.3, 0.4) is 0 Å². The molecule has 7 heteroatoms. The van der Waals surface area contributed by atoms with Gasteiger partial charge >= 0.3 is 0 Å². The number of benzene rings is 2. The van der Waals surface area contributed by atoms with E-state index in [1.54, 1.807) is 18.9 Å². The van der Waals surface area contributed by atoms with Crippen LogP contribution in [-0.2, 0) is 10.5 Å². The SMILES string of the molecule is COc1ccc(-c2nc(CSCCC(=O)Nc3ccccc3)no2)cc1. The number of methoxy groups -OCH3 is 1. The van der Waals surface area contributed by atoms with E-state index < -0.39 is 0 Å². The number of nitrogens with zero attached hydrogens (tertiary/aromatic N) is 2. The summed E-state index contributed by atoms with van der Waals surface area (Å²) in [6.45, 7) is 0. The van der Waals surface area contributed by atoms with Crippen LogP contribution < -0.4 is 10.1 Å². The molecule has 6 nitrogen and oxygen atoms in total. The zero-order chi connectivity index (χ0) is 18.2. The number of ether oxygens (including phenoxy) is 1. The first-order valence-corrected chi connectivity index (χ1v) is 9.30. The Hall–Kier alpha value is -2.80. The second-order valence-corrected chi connectivity index (χ2v) is 6.57. The van der Waals surface area contributed by atoms with Crippen molar-refractivity contribution in [3.05, 3.63) is 60.4 Å². The summed E-state index contributed by atoms with van der Waals surface area (Å²) in [6, 6.07) is 16.9. The van der Waals surface area contributed by atoms with Crippen molar-refractivity contribution in [3.63, 3.8) is 0 Å². The lowest BCUT2D eigenvalue weighted by Crippen LogP contribution is -2.12. The first-order valence-electron chi connectivity index (χ1n) is 8.14. The fourth-order valence-electron chi connectivity index (χ4n) is 2.24. The highest BCUT2D eigenvalue weighted by Crippen LogP contribution is 2.21. The van der Waals surface area contributed by atoms with Crippen molar-refractivity contribution < 1.29 is 14.1 Å². The molecule has 1 aromatic heterocycles. The van der Waals surface area contributed by atoms with Crippen LogP contribution in [0.1, 0.15) is 12.2 Å². The molecule has 1 amide bonds. The van der Waals surface area contributed by atoms with Crippen LogP contribution >= 0.6 is 11.8 Å². The van der Waals surface area contributed by atoms with Crippen molar-refractivity contribution in [1.29, 1.82) is 0 Å². The van der Waals surface area contributed by atoms with Crippen LogP contribution in [0, 0.1) is 0 Å². The average Bonchev–Trinajstić information content (AvgIpc) is 3.15. The molecular weight excluding hydrogens is 350 g/mol. The molecule has 0 saturated heterocycles. The average molecular weight is 369 g/mol. The topological polar surface area (TPSA) is 77.2 Å². The van der Waals surface area contributed by atoms with E-state index in [1.807, 2.05) is 54.6 Å². The summed E-state index contributed by atoms with van der Waals surface area (Å²) in [5, 5.41) is 6.84. The number of hydrogen-bond acceptors (Lipinski definition) is 6. The molecule has 2 aromatic carbocycles. The van der Waals surface area contributed by atoms with Crippen molar-refractivity contribution in [3.8, 4) is 17.2 Å². The normalized spacial score (nSPS) is 10.5. The third-order valence-corrected chi connectivity index (χ3v) is 4.52. The number of carbonyl (C=O) groups is 1. The highest BCUT2D eigenvalue weighted by atomic mass is 32.2. The monoisotopic (exact) mass is 369 g/mol. The molecule has 1 N–H and O–H groups in total. The van der Waals surface area contributed by atoms with Gasteiger partial charge in [0.1, 0.15) is 5.75 Å². The Kier molecular flexibility index (Phi) is 6.27. The van der Waals surface area contributed by atoms with E-state index in [4.69, 9.17) is 9.26 Å². The maximum absolute atomic E-state index is 11.9. The van der Waals surface area contributed by atoms with Crippen molar-refractivity contribution in [2.75, 3.05) is 18.2 Å². The van der Waals surface area contributed by atoms with E-state index in [0.29, 0.717) is 29.6 Å². The Balaban J connectivity index is 1.42. The van der Waals surface area contributed by atoms with Gasteiger partial charge in [0.05, 0.1) is 12.9 Å². The summed E-state index contributed by atoms with van der Waals surface area (Å²) in [4.78, 5) is 16.3. The second-order valence-electron chi connectivity index (χ2n) is 5.46. The standard InChI is InChI=1S/C19H19N3O3S/c1-24-16-9-7-14(8-10-16)19-21-17(22-25-19)13-26-12-11-18(23)20-15-5-3-2-4-6-15/h2-10H,11-13H2,1H3,(H,20,23). The predicted octanol–water partition coefficient (Wildman–Crippen LogP) is 4.01. The third kappa shape index (κ3) is 5.10. The van der Waals surface area contributed by atoms with Crippen LogP contribution in [0.15, 0.2) is 59.1 Å². The maximum atomic E-state index is 11.9. The van der Waals surface area contributed by atoms with Crippen LogP contribution in [0.25, 0.3) is 11.5 Å². The smallest absolute Gasteiger partial charge is 0.257 e. The summed E-state index contributed by atoms with van der Waals surface area (Å²) >= 11 is 1.59. The van der Waals surface area contributed by atoms with Crippen molar-refractivity contribution in [1.82, 2.24) is 10.1 Å². The zero-order valence-electron chi connectivity index (χ0n) is 14.3. The van der Waals surface area contributed by atoms with Gasteiger partial charge in [0.2, 0.25) is 5.91 Å². The molecule has 134 valence electrons. The molecule has 1 heterocycles. The van der Waals surface area contributed by atoms with Crippen LogP contribution in [0.2, 0.25) is 0 Å². The lowest BCUT2D eigenvalue weighted by Gasteiger charge is -2.04. The molecule has 0 unspecified atom stereocenters. The van der Waals surface area contributed by atoms with Crippen LogP contribution in [-0.4, -0.2) is 28.9 Å². The quantitative estimate of drug-likeness (QED) is 0.605. The number of para-hydroxylation sites is 1. The number of rotatable bonds is 8. The molecule has 0 saturated carbocycles.